The van der Waals surface area contributed by atoms with Crippen molar-refractivity contribution in [3.05, 3.63) is 0 Å². The van der Waals surface area contributed by atoms with E-state index in [9.17, 15) is 9.59 Å². The van der Waals surface area contributed by atoms with Gasteiger partial charge in [-0.3, -0.25) is 14.5 Å². The molecule has 0 aromatic heterocycles. The van der Waals surface area contributed by atoms with Gasteiger partial charge in [-0.25, -0.2) is 0 Å². The van der Waals surface area contributed by atoms with E-state index in [1.807, 2.05) is 41.5 Å². The van der Waals surface area contributed by atoms with Crippen molar-refractivity contribution in [3.8, 4) is 0 Å². The summed E-state index contributed by atoms with van der Waals surface area (Å²) in [6, 6.07) is 0. The van der Waals surface area contributed by atoms with Gasteiger partial charge < -0.3 is 16.0 Å². The average molecular weight is 385 g/mol. The Morgan fingerprint density at radius 1 is 0.667 bits per heavy atom. The molecule has 160 valence electrons. The molecule has 2 amide bonds. The molecular formula is C21H44N4O2. The van der Waals surface area contributed by atoms with Crippen LogP contribution in [0.25, 0.3) is 0 Å². The number of nitrogens with zero attached hydrogens (tertiary/aromatic N) is 1. The zero-order chi connectivity index (χ0) is 21.3. The summed E-state index contributed by atoms with van der Waals surface area (Å²) >= 11 is 0. The predicted molar refractivity (Wildman–Crippen MR) is 114 cm³/mol. The van der Waals surface area contributed by atoms with Crippen molar-refractivity contribution < 1.29 is 9.59 Å². The Bertz CT molecular complexity index is 424. The lowest BCUT2D eigenvalue weighted by atomic mass is 9.96. The summed E-state index contributed by atoms with van der Waals surface area (Å²) < 4.78 is 0. The minimum atomic E-state index is -0.375. The highest BCUT2D eigenvalue weighted by molar-refractivity contribution is 5.81. The number of hydrogen-bond acceptors (Lipinski definition) is 4. The van der Waals surface area contributed by atoms with Gasteiger partial charge in [0.1, 0.15) is 0 Å². The van der Waals surface area contributed by atoms with Gasteiger partial charge in [0.05, 0.1) is 0 Å². The quantitative estimate of drug-likeness (QED) is 0.505. The smallest absolute Gasteiger partial charge is 0.225 e. The Kier molecular flexibility index (Phi) is 10.5. The molecule has 0 unspecified atom stereocenters. The third kappa shape index (κ3) is 13.6. The third-order valence-electron chi connectivity index (χ3n) is 4.05. The van der Waals surface area contributed by atoms with Crippen LogP contribution in [-0.2, 0) is 9.59 Å². The molecule has 0 heterocycles. The van der Waals surface area contributed by atoms with Gasteiger partial charge in [-0.15, -0.1) is 0 Å². The number of carbonyl (C=O) groups is 2. The molecule has 0 atom stereocenters. The minimum Gasteiger partial charge on any atom is -0.354 e. The van der Waals surface area contributed by atoms with Crippen LogP contribution in [0.15, 0.2) is 0 Å². The van der Waals surface area contributed by atoms with Crippen molar-refractivity contribution in [1.29, 1.82) is 0 Å². The van der Waals surface area contributed by atoms with E-state index in [1.54, 1.807) is 0 Å². The van der Waals surface area contributed by atoms with Crippen LogP contribution in [0.5, 0.6) is 0 Å². The van der Waals surface area contributed by atoms with Crippen molar-refractivity contribution in [1.82, 2.24) is 20.9 Å². The van der Waals surface area contributed by atoms with Crippen LogP contribution in [0.1, 0.15) is 62.3 Å². The van der Waals surface area contributed by atoms with E-state index in [4.69, 9.17) is 0 Å². The first-order valence-electron chi connectivity index (χ1n) is 10.1. The van der Waals surface area contributed by atoms with E-state index in [2.05, 4.69) is 41.6 Å². The summed E-state index contributed by atoms with van der Waals surface area (Å²) in [7, 11) is 0. The normalized spacial score (nSPS) is 13.0. The largest absolute Gasteiger partial charge is 0.354 e. The molecule has 3 N–H and O–H groups in total. The number of nitrogens with one attached hydrogen (secondary N) is 3. The van der Waals surface area contributed by atoms with Crippen LogP contribution >= 0.6 is 0 Å². The molecule has 0 rings (SSSR count). The zero-order valence-electron chi connectivity index (χ0n) is 19.2. The van der Waals surface area contributed by atoms with Gasteiger partial charge in [0.25, 0.3) is 0 Å². The first kappa shape index (κ1) is 25.9. The first-order valence-corrected chi connectivity index (χ1v) is 10.1. The van der Waals surface area contributed by atoms with Gasteiger partial charge in [-0.2, -0.15) is 0 Å². The minimum absolute atomic E-state index is 0.0642. The van der Waals surface area contributed by atoms with E-state index < -0.39 is 0 Å². The molecule has 0 aromatic carbocycles. The van der Waals surface area contributed by atoms with E-state index in [-0.39, 0.29) is 28.1 Å². The van der Waals surface area contributed by atoms with Gasteiger partial charge in [0.15, 0.2) is 0 Å². The lowest BCUT2D eigenvalue weighted by molar-refractivity contribution is -0.129. The maximum atomic E-state index is 12.0. The standard InChI is InChI=1S/C21H44N4O2/c1-19(2,3)16-22-10-13-25(14-11-23-17(26)20(4,5)6)15-12-24-18(27)21(7,8)9/h22H,10-16H2,1-9H3,(H,23,26)(H,24,27). The summed E-state index contributed by atoms with van der Waals surface area (Å²) in [5.41, 5.74) is -0.494. The van der Waals surface area contributed by atoms with Gasteiger partial charge >= 0.3 is 0 Å². The van der Waals surface area contributed by atoms with Crippen molar-refractivity contribution in [2.24, 2.45) is 16.2 Å². The van der Waals surface area contributed by atoms with Gasteiger partial charge in [0, 0.05) is 56.6 Å². The Balaban J connectivity index is 4.44. The van der Waals surface area contributed by atoms with Crippen LogP contribution in [-0.4, -0.2) is 62.5 Å². The van der Waals surface area contributed by atoms with Crippen LogP contribution in [0, 0.1) is 16.2 Å². The molecule has 0 aliphatic carbocycles. The average Bonchev–Trinajstić information content (AvgIpc) is 2.47. The fraction of sp³-hybridized carbons (Fsp3) is 0.905. The topological polar surface area (TPSA) is 73.5 Å². The number of carbonyl (C=O) groups excluding carboxylic acids is 2. The molecule has 0 aliphatic rings. The van der Waals surface area contributed by atoms with Crippen molar-refractivity contribution in [2.75, 3.05) is 45.8 Å². The van der Waals surface area contributed by atoms with Crippen molar-refractivity contribution >= 4 is 11.8 Å². The summed E-state index contributed by atoms with van der Waals surface area (Å²) in [6.07, 6.45) is 0. The maximum absolute atomic E-state index is 12.0. The predicted octanol–water partition coefficient (Wildman–Crippen LogP) is 2.25. The van der Waals surface area contributed by atoms with E-state index in [0.717, 1.165) is 32.7 Å². The van der Waals surface area contributed by atoms with Gasteiger partial charge in [-0.05, 0) is 5.41 Å². The fourth-order valence-electron chi connectivity index (χ4n) is 2.22. The molecule has 0 aromatic rings. The second-order valence-electron chi connectivity index (χ2n) is 10.6. The molecule has 27 heavy (non-hydrogen) atoms. The van der Waals surface area contributed by atoms with E-state index in [0.29, 0.717) is 13.1 Å². The summed E-state index contributed by atoms with van der Waals surface area (Å²) in [6.45, 7) is 23.6. The summed E-state index contributed by atoms with van der Waals surface area (Å²) in [5.74, 6) is 0.128. The molecule has 0 fully saturated rings. The Hall–Kier alpha value is -1.14. The van der Waals surface area contributed by atoms with E-state index >= 15 is 0 Å². The zero-order valence-corrected chi connectivity index (χ0v) is 19.2. The van der Waals surface area contributed by atoms with Crippen LogP contribution in [0.2, 0.25) is 0 Å². The molecule has 0 saturated heterocycles. The SMILES string of the molecule is CC(C)(C)CNCCN(CCNC(=O)C(C)(C)C)CCNC(=O)C(C)(C)C. The summed E-state index contributed by atoms with van der Waals surface area (Å²) in [4.78, 5) is 26.3. The second-order valence-corrected chi connectivity index (χ2v) is 10.6. The highest BCUT2D eigenvalue weighted by atomic mass is 16.2. The number of hydrogen-bond donors (Lipinski definition) is 3. The molecule has 0 aliphatic heterocycles. The Morgan fingerprint density at radius 3 is 1.37 bits per heavy atom. The lowest BCUT2D eigenvalue weighted by Crippen LogP contribution is -2.45. The summed E-state index contributed by atoms with van der Waals surface area (Å²) in [5, 5.41) is 9.49. The molecule has 0 saturated carbocycles. The van der Waals surface area contributed by atoms with Crippen molar-refractivity contribution in [2.45, 2.75) is 62.3 Å². The Labute approximate surface area is 167 Å². The van der Waals surface area contributed by atoms with Crippen LogP contribution in [0.3, 0.4) is 0 Å². The number of rotatable bonds is 10. The van der Waals surface area contributed by atoms with E-state index in [1.165, 1.54) is 0 Å². The number of amides is 2. The van der Waals surface area contributed by atoms with Gasteiger partial charge in [-0.1, -0.05) is 62.3 Å². The Morgan fingerprint density at radius 2 is 1.04 bits per heavy atom. The highest BCUT2D eigenvalue weighted by Gasteiger charge is 2.22. The molecule has 6 nitrogen and oxygen atoms in total. The maximum Gasteiger partial charge on any atom is 0.225 e. The first-order chi connectivity index (χ1) is 12.1. The third-order valence-corrected chi connectivity index (χ3v) is 4.05. The molecule has 6 heteroatoms. The highest BCUT2D eigenvalue weighted by Crippen LogP contribution is 2.13. The van der Waals surface area contributed by atoms with Crippen molar-refractivity contribution in [3.63, 3.8) is 0 Å². The molecule has 0 spiro atoms. The molecule has 0 radical (unpaired) electrons. The second kappa shape index (κ2) is 11.0. The van der Waals surface area contributed by atoms with Gasteiger partial charge in [0.2, 0.25) is 11.8 Å². The van der Waals surface area contributed by atoms with Crippen LogP contribution in [0.4, 0.5) is 0 Å². The lowest BCUT2D eigenvalue weighted by Gasteiger charge is -2.26. The fourth-order valence-corrected chi connectivity index (χ4v) is 2.22. The molecular weight excluding hydrogens is 340 g/mol. The molecule has 0 bridgehead atoms. The monoisotopic (exact) mass is 384 g/mol. The van der Waals surface area contributed by atoms with Crippen LogP contribution < -0.4 is 16.0 Å².